The summed E-state index contributed by atoms with van der Waals surface area (Å²) in [6.45, 7) is -0.598. The second kappa shape index (κ2) is 7.16. The zero-order valence-corrected chi connectivity index (χ0v) is 12.8. The van der Waals surface area contributed by atoms with Crippen LogP contribution in [0.15, 0.2) is 30.3 Å². The number of hydrogen-bond acceptors (Lipinski definition) is 6. The highest BCUT2D eigenvalue weighted by Crippen LogP contribution is 2.23. The van der Waals surface area contributed by atoms with Gasteiger partial charge in [0.05, 0.1) is 9.26 Å². The summed E-state index contributed by atoms with van der Waals surface area (Å²) < 4.78 is 18.3. The first-order chi connectivity index (χ1) is 10.9. The predicted molar refractivity (Wildman–Crippen MR) is 81.3 cm³/mol. The van der Waals surface area contributed by atoms with Gasteiger partial charge in [0.25, 0.3) is 5.91 Å². The zero-order chi connectivity index (χ0) is 17.0. The second-order valence-corrected chi connectivity index (χ2v) is 5.87. The van der Waals surface area contributed by atoms with Gasteiger partial charge in [-0.05, 0) is 24.3 Å². The van der Waals surface area contributed by atoms with Crippen LogP contribution in [0.5, 0.6) is 0 Å². The molecule has 1 aromatic carbocycles. The summed E-state index contributed by atoms with van der Waals surface area (Å²) in [5, 5.41) is 12.9. The molecule has 2 aromatic rings. The van der Waals surface area contributed by atoms with Gasteiger partial charge in [-0.2, -0.15) is 4.39 Å². The highest BCUT2D eigenvalue weighted by Gasteiger charge is 2.16. The monoisotopic (exact) mass is 358 g/mol. The van der Waals surface area contributed by atoms with Crippen molar-refractivity contribution in [3.05, 3.63) is 55.5 Å². The third kappa shape index (κ3) is 4.47. The standard InChI is InChI=1S/C13H8ClFN2O5S/c14-11-4-3-10(23-11)13(19)22-6-12(18)16-7-1-2-8(15)9(5-7)17(20)21/h1-5H,6H2,(H,16,18). The van der Waals surface area contributed by atoms with Crippen molar-refractivity contribution in [2.75, 3.05) is 11.9 Å². The molecule has 1 heterocycles. The number of rotatable bonds is 5. The lowest BCUT2D eigenvalue weighted by molar-refractivity contribution is -0.387. The molecule has 2 rings (SSSR count). The lowest BCUT2D eigenvalue weighted by Crippen LogP contribution is -2.20. The molecule has 0 radical (unpaired) electrons. The number of anilines is 1. The molecule has 0 aliphatic rings. The third-order valence-electron chi connectivity index (χ3n) is 2.54. The van der Waals surface area contributed by atoms with Crippen LogP contribution < -0.4 is 5.32 Å². The van der Waals surface area contributed by atoms with Crippen molar-refractivity contribution in [2.24, 2.45) is 0 Å². The van der Waals surface area contributed by atoms with E-state index in [9.17, 15) is 24.1 Å². The van der Waals surface area contributed by atoms with E-state index < -0.39 is 34.9 Å². The zero-order valence-electron chi connectivity index (χ0n) is 11.2. The maximum atomic E-state index is 13.2. The van der Waals surface area contributed by atoms with Crippen molar-refractivity contribution in [3.63, 3.8) is 0 Å². The van der Waals surface area contributed by atoms with E-state index in [4.69, 9.17) is 16.3 Å². The van der Waals surface area contributed by atoms with Crippen LogP contribution in [-0.2, 0) is 9.53 Å². The highest BCUT2D eigenvalue weighted by molar-refractivity contribution is 7.17. The van der Waals surface area contributed by atoms with E-state index in [-0.39, 0.29) is 10.6 Å². The number of nitrogens with zero attached hydrogens (tertiary/aromatic N) is 1. The van der Waals surface area contributed by atoms with Gasteiger partial charge in [-0.25, -0.2) is 4.79 Å². The van der Waals surface area contributed by atoms with Gasteiger partial charge in [-0.3, -0.25) is 14.9 Å². The fraction of sp³-hybridized carbons (Fsp3) is 0.0769. The summed E-state index contributed by atoms with van der Waals surface area (Å²) in [7, 11) is 0. The molecule has 7 nitrogen and oxygen atoms in total. The molecule has 0 fully saturated rings. The molecule has 0 aliphatic carbocycles. The number of amides is 1. The number of carbonyl (C=O) groups is 2. The van der Waals surface area contributed by atoms with Crippen LogP contribution in [0.2, 0.25) is 4.34 Å². The molecule has 23 heavy (non-hydrogen) atoms. The molecule has 120 valence electrons. The maximum absolute atomic E-state index is 13.2. The Bertz CT molecular complexity index is 779. The van der Waals surface area contributed by atoms with Crippen molar-refractivity contribution in [1.82, 2.24) is 0 Å². The van der Waals surface area contributed by atoms with Crippen molar-refractivity contribution >= 4 is 46.2 Å². The Morgan fingerprint density at radius 2 is 2.09 bits per heavy atom. The predicted octanol–water partition coefficient (Wildman–Crippen LogP) is 3.24. The number of esters is 1. The topological polar surface area (TPSA) is 98.5 Å². The van der Waals surface area contributed by atoms with E-state index in [1.165, 1.54) is 12.1 Å². The Labute approximate surface area is 137 Å². The Morgan fingerprint density at radius 3 is 2.70 bits per heavy atom. The molecule has 1 aromatic heterocycles. The lowest BCUT2D eigenvalue weighted by atomic mass is 10.2. The Kier molecular flexibility index (Phi) is 5.24. The number of carbonyl (C=O) groups excluding carboxylic acids is 2. The molecule has 10 heteroatoms. The van der Waals surface area contributed by atoms with Crippen LogP contribution in [0.1, 0.15) is 9.67 Å². The van der Waals surface area contributed by atoms with E-state index >= 15 is 0 Å². The van der Waals surface area contributed by atoms with Gasteiger partial charge in [0.1, 0.15) is 4.88 Å². The van der Waals surface area contributed by atoms with Crippen LogP contribution in [0.4, 0.5) is 15.8 Å². The first kappa shape index (κ1) is 16.8. The van der Waals surface area contributed by atoms with Gasteiger partial charge in [0.2, 0.25) is 5.82 Å². The summed E-state index contributed by atoms with van der Waals surface area (Å²) in [5.74, 6) is -2.46. The van der Waals surface area contributed by atoms with E-state index in [1.807, 2.05) is 0 Å². The van der Waals surface area contributed by atoms with Crippen LogP contribution in [0.25, 0.3) is 0 Å². The molecule has 0 unspecified atom stereocenters. The van der Waals surface area contributed by atoms with Crippen LogP contribution >= 0.6 is 22.9 Å². The Hall–Kier alpha value is -2.52. The number of nitro benzene ring substituents is 1. The van der Waals surface area contributed by atoms with Gasteiger partial charge < -0.3 is 10.1 Å². The first-order valence-corrected chi connectivity index (χ1v) is 7.22. The van der Waals surface area contributed by atoms with Crippen LogP contribution in [0, 0.1) is 15.9 Å². The van der Waals surface area contributed by atoms with E-state index in [1.54, 1.807) is 0 Å². The summed E-state index contributed by atoms with van der Waals surface area (Å²) >= 11 is 6.67. The average Bonchev–Trinajstić information content (AvgIpc) is 2.93. The normalized spacial score (nSPS) is 10.2. The molecule has 0 saturated heterocycles. The fourth-order valence-electron chi connectivity index (χ4n) is 1.55. The molecular formula is C13H8ClFN2O5S. The number of nitro groups is 1. The van der Waals surface area contributed by atoms with Gasteiger partial charge in [-0.1, -0.05) is 11.6 Å². The Balaban J connectivity index is 1.93. The smallest absolute Gasteiger partial charge is 0.348 e. The van der Waals surface area contributed by atoms with E-state index in [0.717, 1.165) is 29.5 Å². The number of thiophene rings is 1. The number of benzene rings is 1. The Morgan fingerprint density at radius 1 is 1.35 bits per heavy atom. The molecule has 0 aliphatic heterocycles. The van der Waals surface area contributed by atoms with Gasteiger partial charge >= 0.3 is 11.7 Å². The summed E-state index contributed by atoms with van der Waals surface area (Å²) in [4.78, 5) is 33.2. The van der Waals surface area contributed by atoms with E-state index in [2.05, 4.69) is 5.32 Å². The molecule has 0 saturated carbocycles. The van der Waals surface area contributed by atoms with Gasteiger partial charge in [0, 0.05) is 11.8 Å². The van der Waals surface area contributed by atoms with E-state index in [0.29, 0.717) is 4.34 Å². The summed E-state index contributed by atoms with van der Waals surface area (Å²) in [6.07, 6.45) is 0. The lowest BCUT2D eigenvalue weighted by Gasteiger charge is -2.06. The van der Waals surface area contributed by atoms with Crippen molar-refractivity contribution < 1.29 is 23.6 Å². The molecule has 1 N–H and O–H groups in total. The van der Waals surface area contributed by atoms with Crippen LogP contribution in [0.3, 0.4) is 0 Å². The number of nitrogens with one attached hydrogen (secondary N) is 1. The minimum atomic E-state index is -1.02. The fourth-order valence-corrected chi connectivity index (χ4v) is 2.49. The van der Waals surface area contributed by atoms with Gasteiger partial charge in [0.15, 0.2) is 6.61 Å². The van der Waals surface area contributed by atoms with Crippen molar-refractivity contribution in [2.45, 2.75) is 0 Å². The molecule has 0 atom stereocenters. The number of halogens is 2. The summed E-state index contributed by atoms with van der Waals surface area (Å²) in [6, 6.07) is 5.85. The largest absolute Gasteiger partial charge is 0.451 e. The second-order valence-electron chi connectivity index (χ2n) is 4.15. The summed E-state index contributed by atoms with van der Waals surface area (Å²) in [5.41, 5.74) is -0.758. The quantitative estimate of drug-likeness (QED) is 0.502. The van der Waals surface area contributed by atoms with Crippen molar-refractivity contribution in [3.8, 4) is 0 Å². The third-order valence-corrected chi connectivity index (χ3v) is 3.75. The average molecular weight is 359 g/mol. The molecular weight excluding hydrogens is 351 g/mol. The SMILES string of the molecule is O=C(COC(=O)c1ccc(Cl)s1)Nc1ccc(F)c([N+](=O)[O-])c1. The minimum Gasteiger partial charge on any atom is -0.451 e. The number of hydrogen-bond donors (Lipinski definition) is 1. The molecule has 0 spiro atoms. The molecule has 0 bridgehead atoms. The maximum Gasteiger partial charge on any atom is 0.348 e. The minimum absolute atomic E-state index is 0.0123. The van der Waals surface area contributed by atoms with Crippen LogP contribution in [-0.4, -0.2) is 23.4 Å². The molecule has 1 amide bonds. The van der Waals surface area contributed by atoms with Gasteiger partial charge in [-0.15, -0.1) is 11.3 Å². The highest BCUT2D eigenvalue weighted by atomic mass is 35.5. The number of ether oxygens (including phenoxy) is 1. The van der Waals surface area contributed by atoms with Crippen molar-refractivity contribution in [1.29, 1.82) is 0 Å². The first-order valence-electron chi connectivity index (χ1n) is 6.03.